The first kappa shape index (κ1) is 27.5. The average Bonchev–Trinajstić information content (AvgIpc) is 2.92. The highest BCUT2D eigenvalue weighted by molar-refractivity contribution is 7.92. The van der Waals surface area contributed by atoms with Gasteiger partial charge >= 0.3 is 0 Å². The summed E-state index contributed by atoms with van der Waals surface area (Å²) in [6.07, 6.45) is 2.96. The Kier molecular flexibility index (Phi) is 8.58. The number of ether oxygens (including phenoxy) is 1. The summed E-state index contributed by atoms with van der Waals surface area (Å²) in [6, 6.07) is 17.6. The number of sulfonamides is 1. The number of amides is 2. The summed E-state index contributed by atoms with van der Waals surface area (Å²) >= 11 is 6.21. The minimum absolute atomic E-state index is 0.0126. The highest BCUT2D eigenvalue weighted by atomic mass is 35.5. The fourth-order valence-electron chi connectivity index (χ4n) is 4.36. The van der Waals surface area contributed by atoms with E-state index in [-0.39, 0.29) is 27.3 Å². The molecule has 0 radical (unpaired) electrons. The zero-order chi connectivity index (χ0) is 27.3. The SMILES string of the molecule is COc1ccc(Cl)cc1N(CC(=O)Nc1ccccc1C(=O)N1CCCCC1)S(=O)(=O)c1ccc(C)cc1. The first-order valence-electron chi connectivity index (χ1n) is 12.3. The number of aryl methyl sites for hydroxylation is 1. The van der Waals surface area contributed by atoms with Crippen LogP contribution in [0.3, 0.4) is 0 Å². The second kappa shape index (κ2) is 11.9. The third-order valence-corrected chi connectivity index (χ3v) is 8.39. The number of piperidine rings is 1. The van der Waals surface area contributed by atoms with Crippen molar-refractivity contribution in [3.63, 3.8) is 0 Å². The minimum atomic E-state index is -4.19. The number of hydrogen-bond acceptors (Lipinski definition) is 5. The van der Waals surface area contributed by atoms with Gasteiger partial charge in [0.2, 0.25) is 5.91 Å². The van der Waals surface area contributed by atoms with Gasteiger partial charge in [-0.2, -0.15) is 0 Å². The first-order chi connectivity index (χ1) is 18.2. The molecule has 4 rings (SSSR count). The van der Waals surface area contributed by atoms with Crippen molar-refractivity contribution in [2.24, 2.45) is 0 Å². The molecule has 1 heterocycles. The lowest BCUT2D eigenvalue weighted by Gasteiger charge is -2.28. The number of likely N-dealkylation sites (tertiary alicyclic amines) is 1. The Morgan fingerprint density at radius 3 is 2.37 bits per heavy atom. The third kappa shape index (κ3) is 6.11. The Hall–Kier alpha value is -3.56. The summed E-state index contributed by atoms with van der Waals surface area (Å²) in [7, 11) is -2.78. The molecule has 1 saturated heterocycles. The van der Waals surface area contributed by atoms with Crippen molar-refractivity contribution in [3.05, 3.63) is 82.9 Å². The molecule has 0 saturated carbocycles. The number of anilines is 2. The van der Waals surface area contributed by atoms with Gasteiger partial charge in [0.05, 0.1) is 28.9 Å². The van der Waals surface area contributed by atoms with Crippen molar-refractivity contribution in [2.75, 3.05) is 36.4 Å². The van der Waals surface area contributed by atoms with Crippen molar-refractivity contribution in [1.29, 1.82) is 0 Å². The van der Waals surface area contributed by atoms with Crippen LogP contribution in [0.4, 0.5) is 11.4 Å². The molecular weight excluding hydrogens is 526 g/mol. The number of methoxy groups -OCH3 is 1. The monoisotopic (exact) mass is 555 g/mol. The number of nitrogens with zero attached hydrogens (tertiary/aromatic N) is 2. The van der Waals surface area contributed by atoms with Gasteiger partial charge in [-0.15, -0.1) is 0 Å². The van der Waals surface area contributed by atoms with E-state index in [1.807, 2.05) is 6.92 Å². The number of carbonyl (C=O) groups excluding carboxylic acids is 2. The molecule has 1 N–H and O–H groups in total. The molecule has 2 amide bonds. The molecule has 0 aromatic heterocycles. The Labute approximate surface area is 228 Å². The van der Waals surface area contributed by atoms with Crippen molar-refractivity contribution < 1.29 is 22.7 Å². The van der Waals surface area contributed by atoms with E-state index in [4.69, 9.17) is 16.3 Å². The number of para-hydroxylation sites is 1. The number of nitrogens with one attached hydrogen (secondary N) is 1. The maximum atomic E-state index is 13.8. The van der Waals surface area contributed by atoms with Gasteiger partial charge in [0.25, 0.3) is 15.9 Å². The van der Waals surface area contributed by atoms with E-state index in [0.717, 1.165) is 29.1 Å². The highest BCUT2D eigenvalue weighted by Gasteiger charge is 2.30. The smallest absolute Gasteiger partial charge is 0.264 e. The van der Waals surface area contributed by atoms with Crippen molar-refractivity contribution in [2.45, 2.75) is 31.1 Å². The Balaban J connectivity index is 1.67. The van der Waals surface area contributed by atoms with Crippen LogP contribution in [-0.2, 0) is 14.8 Å². The summed E-state index contributed by atoms with van der Waals surface area (Å²) in [4.78, 5) is 28.3. The van der Waals surface area contributed by atoms with Crippen molar-refractivity contribution in [3.8, 4) is 5.75 Å². The number of halogens is 1. The van der Waals surface area contributed by atoms with Crippen molar-refractivity contribution in [1.82, 2.24) is 4.90 Å². The second-order valence-electron chi connectivity index (χ2n) is 9.09. The number of hydrogen-bond donors (Lipinski definition) is 1. The predicted octanol–water partition coefficient (Wildman–Crippen LogP) is 5.12. The summed E-state index contributed by atoms with van der Waals surface area (Å²) in [5.74, 6) is -0.554. The summed E-state index contributed by atoms with van der Waals surface area (Å²) in [5.41, 5.74) is 1.69. The minimum Gasteiger partial charge on any atom is -0.495 e. The molecule has 0 spiro atoms. The molecule has 200 valence electrons. The van der Waals surface area contributed by atoms with Crippen LogP contribution in [0, 0.1) is 6.92 Å². The lowest BCUT2D eigenvalue weighted by Crippen LogP contribution is -2.39. The summed E-state index contributed by atoms with van der Waals surface area (Å²) in [5, 5.41) is 3.03. The Bertz CT molecular complexity index is 1420. The van der Waals surface area contributed by atoms with Crippen LogP contribution in [0.2, 0.25) is 5.02 Å². The number of carbonyl (C=O) groups is 2. The summed E-state index contributed by atoms with van der Waals surface area (Å²) < 4.78 is 33.9. The number of benzene rings is 3. The second-order valence-corrected chi connectivity index (χ2v) is 11.4. The van der Waals surface area contributed by atoms with Crippen LogP contribution in [0.5, 0.6) is 5.75 Å². The van der Waals surface area contributed by atoms with E-state index in [1.165, 1.54) is 25.3 Å². The Morgan fingerprint density at radius 2 is 1.68 bits per heavy atom. The summed E-state index contributed by atoms with van der Waals surface area (Å²) in [6.45, 7) is 2.61. The predicted molar refractivity (Wildman–Crippen MR) is 149 cm³/mol. The van der Waals surface area contributed by atoms with E-state index in [2.05, 4.69) is 5.32 Å². The van der Waals surface area contributed by atoms with Gasteiger partial charge in [0.1, 0.15) is 12.3 Å². The maximum absolute atomic E-state index is 13.8. The van der Waals surface area contributed by atoms with Crippen LogP contribution in [0.1, 0.15) is 35.2 Å². The lowest BCUT2D eigenvalue weighted by molar-refractivity contribution is -0.114. The fraction of sp³-hybridized carbons (Fsp3) is 0.286. The van der Waals surface area contributed by atoms with E-state index in [0.29, 0.717) is 24.3 Å². The van der Waals surface area contributed by atoms with Crippen molar-refractivity contribution >= 4 is 44.8 Å². The highest BCUT2D eigenvalue weighted by Crippen LogP contribution is 2.35. The van der Waals surface area contributed by atoms with Crippen LogP contribution < -0.4 is 14.4 Å². The van der Waals surface area contributed by atoms with Gasteiger partial charge < -0.3 is 15.0 Å². The molecule has 10 heteroatoms. The average molecular weight is 556 g/mol. The van der Waals surface area contributed by atoms with Crippen LogP contribution >= 0.6 is 11.6 Å². The van der Waals surface area contributed by atoms with Gasteiger partial charge in [-0.25, -0.2) is 8.42 Å². The van der Waals surface area contributed by atoms with E-state index >= 15 is 0 Å². The molecule has 1 aliphatic rings. The molecule has 3 aromatic carbocycles. The standard InChI is InChI=1S/C28H30ClN3O5S/c1-20-10-13-22(14-11-20)38(35,36)32(25-18-21(29)12-15-26(25)37-2)19-27(33)30-24-9-5-4-8-23(24)28(34)31-16-6-3-7-17-31/h4-5,8-15,18H,3,6-7,16-17,19H2,1-2H3,(H,30,33). The zero-order valence-corrected chi connectivity index (χ0v) is 22.9. The molecule has 3 aromatic rings. The largest absolute Gasteiger partial charge is 0.495 e. The molecule has 8 nitrogen and oxygen atoms in total. The van der Waals surface area contributed by atoms with E-state index in [9.17, 15) is 18.0 Å². The molecule has 0 aliphatic carbocycles. The zero-order valence-electron chi connectivity index (χ0n) is 21.3. The van der Waals surface area contributed by atoms with Crippen LogP contribution in [0.25, 0.3) is 0 Å². The third-order valence-electron chi connectivity index (χ3n) is 6.38. The molecule has 1 aliphatic heterocycles. The maximum Gasteiger partial charge on any atom is 0.264 e. The fourth-order valence-corrected chi connectivity index (χ4v) is 5.95. The Morgan fingerprint density at radius 1 is 1.00 bits per heavy atom. The van der Waals surface area contributed by atoms with Gasteiger partial charge in [0.15, 0.2) is 0 Å². The molecular formula is C28H30ClN3O5S. The first-order valence-corrected chi connectivity index (χ1v) is 14.1. The van der Waals surface area contributed by atoms with Crippen LogP contribution in [-0.4, -0.2) is 51.9 Å². The van der Waals surface area contributed by atoms with E-state index in [1.54, 1.807) is 53.4 Å². The number of rotatable bonds is 8. The molecule has 38 heavy (non-hydrogen) atoms. The quantitative estimate of drug-likeness (QED) is 0.416. The topological polar surface area (TPSA) is 96.0 Å². The van der Waals surface area contributed by atoms with Gasteiger partial charge in [-0.1, -0.05) is 41.4 Å². The lowest BCUT2D eigenvalue weighted by atomic mass is 10.1. The molecule has 0 bridgehead atoms. The van der Waals surface area contributed by atoms with Gasteiger partial charge in [-0.3, -0.25) is 13.9 Å². The van der Waals surface area contributed by atoms with Gasteiger partial charge in [-0.05, 0) is 68.7 Å². The van der Waals surface area contributed by atoms with Crippen LogP contribution in [0.15, 0.2) is 71.6 Å². The molecule has 0 atom stereocenters. The molecule has 1 fully saturated rings. The van der Waals surface area contributed by atoms with E-state index < -0.39 is 22.5 Å². The molecule has 0 unspecified atom stereocenters. The van der Waals surface area contributed by atoms with Gasteiger partial charge in [0, 0.05) is 18.1 Å². The normalized spacial score (nSPS) is 13.6.